The van der Waals surface area contributed by atoms with Gasteiger partial charge in [-0.15, -0.1) is 10.2 Å². The van der Waals surface area contributed by atoms with Crippen LogP contribution in [0.3, 0.4) is 0 Å². The Hall–Kier alpha value is -1.46. The highest BCUT2D eigenvalue weighted by atomic mass is 32.1. The number of ether oxygens (including phenoxy) is 1. The monoisotopic (exact) mass is 289 g/mol. The van der Waals surface area contributed by atoms with Crippen molar-refractivity contribution in [1.29, 1.82) is 0 Å². The summed E-state index contributed by atoms with van der Waals surface area (Å²) in [6, 6.07) is 8.57. The molecule has 1 unspecified atom stereocenters. The Morgan fingerprint density at radius 3 is 3.05 bits per heavy atom. The summed E-state index contributed by atoms with van der Waals surface area (Å²) >= 11 is 1.64. The van der Waals surface area contributed by atoms with Crippen LogP contribution in [0.15, 0.2) is 24.3 Å². The van der Waals surface area contributed by atoms with Gasteiger partial charge in [-0.25, -0.2) is 0 Å². The van der Waals surface area contributed by atoms with E-state index in [0.29, 0.717) is 19.1 Å². The average molecular weight is 289 g/mol. The Balaban J connectivity index is 1.74. The average Bonchev–Trinajstić information content (AvgIpc) is 2.86. The first kappa shape index (κ1) is 13.5. The molecular formula is C15H19N3OS. The fourth-order valence-electron chi connectivity index (χ4n) is 2.39. The standard InChI is InChI=1S/C15H19N3OS/c1-10(2)7-14-17-18-15(20-14)16-13-9-19-8-11-5-3-4-6-12(11)13/h3-6,10,13H,7-9H2,1-2H3,(H,16,18). The lowest BCUT2D eigenvalue weighted by Crippen LogP contribution is -2.23. The van der Waals surface area contributed by atoms with Gasteiger partial charge in [0.15, 0.2) is 0 Å². The van der Waals surface area contributed by atoms with E-state index >= 15 is 0 Å². The lowest BCUT2D eigenvalue weighted by molar-refractivity contribution is 0.0970. The van der Waals surface area contributed by atoms with Crippen molar-refractivity contribution < 1.29 is 4.74 Å². The van der Waals surface area contributed by atoms with E-state index in [0.717, 1.165) is 16.6 Å². The van der Waals surface area contributed by atoms with Crippen molar-refractivity contribution in [2.75, 3.05) is 11.9 Å². The molecule has 2 aromatic rings. The molecular weight excluding hydrogens is 270 g/mol. The van der Waals surface area contributed by atoms with E-state index in [4.69, 9.17) is 4.74 Å². The zero-order valence-electron chi connectivity index (χ0n) is 11.8. The molecule has 0 fully saturated rings. The first-order valence-corrected chi connectivity index (χ1v) is 7.78. The van der Waals surface area contributed by atoms with Gasteiger partial charge in [0, 0.05) is 6.42 Å². The third-order valence-electron chi connectivity index (χ3n) is 3.32. The van der Waals surface area contributed by atoms with Crippen molar-refractivity contribution in [1.82, 2.24) is 10.2 Å². The van der Waals surface area contributed by atoms with Crippen molar-refractivity contribution in [2.24, 2.45) is 5.92 Å². The van der Waals surface area contributed by atoms with Crippen LogP contribution < -0.4 is 5.32 Å². The predicted octanol–water partition coefficient (Wildman–Crippen LogP) is 3.42. The molecule has 1 aliphatic rings. The van der Waals surface area contributed by atoms with E-state index in [9.17, 15) is 0 Å². The summed E-state index contributed by atoms with van der Waals surface area (Å²) in [6.07, 6.45) is 0.983. The van der Waals surface area contributed by atoms with Crippen molar-refractivity contribution in [3.05, 3.63) is 40.4 Å². The van der Waals surface area contributed by atoms with Crippen LogP contribution in [0.25, 0.3) is 0 Å². The molecule has 106 valence electrons. The number of hydrogen-bond donors (Lipinski definition) is 1. The minimum Gasteiger partial charge on any atom is -0.374 e. The Morgan fingerprint density at radius 1 is 1.35 bits per heavy atom. The van der Waals surface area contributed by atoms with Crippen LogP contribution in [0.2, 0.25) is 0 Å². The van der Waals surface area contributed by atoms with Gasteiger partial charge in [0.2, 0.25) is 5.13 Å². The van der Waals surface area contributed by atoms with E-state index in [2.05, 4.69) is 53.6 Å². The second-order valence-electron chi connectivity index (χ2n) is 5.51. The third-order valence-corrected chi connectivity index (χ3v) is 4.20. The Labute approximate surface area is 123 Å². The number of fused-ring (bicyclic) bond motifs is 1. The summed E-state index contributed by atoms with van der Waals surface area (Å²) in [7, 11) is 0. The van der Waals surface area contributed by atoms with Crippen molar-refractivity contribution in [2.45, 2.75) is 32.9 Å². The highest BCUT2D eigenvalue weighted by Crippen LogP contribution is 2.29. The highest BCUT2D eigenvalue weighted by Gasteiger charge is 2.21. The molecule has 1 aliphatic heterocycles. The third kappa shape index (κ3) is 2.99. The van der Waals surface area contributed by atoms with Gasteiger partial charge in [-0.2, -0.15) is 0 Å². The topological polar surface area (TPSA) is 47.0 Å². The number of benzene rings is 1. The lowest BCUT2D eigenvalue weighted by atomic mass is 9.99. The van der Waals surface area contributed by atoms with E-state index in [1.165, 1.54) is 11.1 Å². The Morgan fingerprint density at radius 2 is 2.20 bits per heavy atom. The van der Waals surface area contributed by atoms with Gasteiger partial charge < -0.3 is 10.1 Å². The molecule has 0 saturated carbocycles. The van der Waals surface area contributed by atoms with E-state index in [-0.39, 0.29) is 6.04 Å². The fraction of sp³-hybridized carbons (Fsp3) is 0.467. The second-order valence-corrected chi connectivity index (χ2v) is 6.57. The summed E-state index contributed by atoms with van der Waals surface area (Å²) in [6.45, 7) is 5.76. The normalized spacial score (nSPS) is 18.1. The summed E-state index contributed by atoms with van der Waals surface area (Å²) in [5.74, 6) is 0.606. The van der Waals surface area contributed by atoms with Crippen molar-refractivity contribution in [3.8, 4) is 0 Å². The van der Waals surface area contributed by atoms with E-state index in [1.54, 1.807) is 11.3 Å². The smallest absolute Gasteiger partial charge is 0.206 e. The minimum absolute atomic E-state index is 0.166. The number of nitrogens with zero attached hydrogens (tertiary/aromatic N) is 2. The molecule has 0 amide bonds. The molecule has 0 aliphatic carbocycles. The van der Waals surface area contributed by atoms with Crippen molar-refractivity contribution >= 4 is 16.5 Å². The van der Waals surface area contributed by atoms with Gasteiger partial charge in [-0.1, -0.05) is 49.4 Å². The van der Waals surface area contributed by atoms with Gasteiger partial charge >= 0.3 is 0 Å². The zero-order chi connectivity index (χ0) is 13.9. The van der Waals surface area contributed by atoms with Crippen LogP contribution in [0.1, 0.15) is 36.0 Å². The summed E-state index contributed by atoms with van der Waals surface area (Å²) < 4.78 is 5.65. The van der Waals surface area contributed by atoms with Gasteiger partial charge in [0.1, 0.15) is 5.01 Å². The quantitative estimate of drug-likeness (QED) is 0.937. The van der Waals surface area contributed by atoms with Gasteiger partial charge in [0.05, 0.1) is 19.3 Å². The molecule has 0 saturated heterocycles. The zero-order valence-corrected chi connectivity index (χ0v) is 12.6. The van der Waals surface area contributed by atoms with Crippen molar-refractivity contribution in [3.63, 3.8) is 0 Å². The number of nitrogens with one attached hydrogen (secondary N) is 1. The van der Waals surface area contributed by atoms with Crippen LogP contribution in [0.4, 0.5) is 5.13 Å². The maximum atomic E-state index is 5.65. The molecule has 2 heterocycles. The number of aromatic nitrogens is 2. The fourth-order valence-corrected chi connectivity index (χ4v) is 3.40. The maximum absolute atomic E-state index is 5.65. The van der Waals surface area contributed by atoms with Crippen LogP contribution in [-0.2, 0) is 17.8 Å². The first-order chi connectivity index (χ1) is 9.72. The maximum Gasteiger partial charge on any atom is 0.206 e. The number of anilines is 1. The first-order valence-electron chi connectivity index (χ1n) is 6.97. The van der Waals surface area contributed by atoms with Crippen LogP contribution in [0, 0.1) is 5.92 Å². The molecule has 1 atom stereocenters. The number of rotatable bonds is 4. The molecule has 0 spiro atoms. The SMILES string of the molecule is CC(C)Cc1nnc(NC2COCc3ccccc32)s1. The van der Waals surface area contributed by atoms with Crippen LogP contribution >= 0.6 is 11.3 Å². The van der Waals surface area contributed by atoms with E-state index < -0.39 is 0 Å². The Kier molecular flexibility index (Phi) is 3.98. The molecule has 1 N–H and O–H groups in total. The Bertz CT molecular complexity index is 582. The highest BCUT2D eigenvalue weighted by molar-refractivity contribution is 7.15. The molecule has 3 rings (SSSR count). The lowest BCUT2D eigenvalue weighted by Gasteiger charge is -2.26. The van der Waals surface area contributed by atoms with Crippen LogP contribution in [0.5, 0.6) is 0 Å². The van der Waals surface area contributed by atoms with Gasteiger partial charge in [-0.05, 0) is 17.0 Å². The predicted molar refractivity (Wildman–Crippen MR) is 80.9 cm³/mol. The van der Waals surface area contributed by atoms with Gasteiger partial charge in [-0.3, -0.25) is 0 Å². The summed E-state index contributed by atoms with van der Waals surface area (Å²) in [4.78, 5) is 0. The summed E-state index contributed by atoms with van der Waals surface area (Å²) in [5.41, 5.74) is 2.56. The number of hydrogen-bond acceptors (Lipinski definition) is 5. The van der Waals surface area contributed by atoms with E-state index in [1.807, 2.05) is 0 Å². The second kappa shape index (κ2) is 5.89. The molecule has 1 aromatic heterocycles. The molecule has 20 heavy (non-hydrogen) atoms. The van der Waals surface area contributed by atoms with Gasteiger partial charge in [0.25, 0.3) is 0 Å². The summed E-state index contributed by atoms with van der Waals surface area (Å²) in [5, 5.41) is 13.9. The minimum atomic E-state index is 0.166. The molecule has 5 heteroatoms. The molecule has 1 aromatic carbocycles. The molecule has 4 nitrogen and oxygen atoms in total. The molecule has 0 bridgehead atoms. The largest absolute Gasteiger partial charge is 0.374 e. The molecule has 0 radical (unpaired) electrons. The van der Waals surface area contributed by atoms with Crippen LogP contribution in [-0.4, -0.2) is 16.8 Å².